The molecule has 0 bridgehead atoms. The first kappa shape index (κ1) is 17.7. The van der Waals surface area contributed by atoms with Crippen LogP contribution in [0.1, 0.15) is 25.5 Å². The third kappa shape index (κ3) is 4.54. The smallest absolute Gasteiger partial charge is 0.320 e. The summed E-state index contributed by atoms with van der Waals surface area (Å²) < 4.78 is 29.6. The van der Waals surface area contributed by atoms with Crippen LogP contribution in [-0.2, 0) is 19.4 Å². The van der Waals surface area contributed by atoms with Crippen molar-refractivity contribution in [3.05, 3.63) is 35.9 Å². The second-order valence-electron chi connectivity index (χ2n) is 5.27. The number of sulfone groups is 1. The predicted octanol–water partition coefficient (Wildman–Crippen LogP) is 1.56. The fraction of sp³-hybridized carbons (Fsp3) is 0.533. The Bertz CT molecular complexity index is 554. The van der Waals surface area contributed by atoms with Crippen molar-refractivity contribution < 1.29 is 17.9 Å². The minimum atomic E-state index is -3.63. The van der Waals surface area contributed by atoms with Gasteiger partial charge in [-0.1, -0.05) is 44.2 Å². The number of hydrogen-bond acceptors (Lipinski definition) is 5. The van der Waals surface area contributed by atoms with E-state index in [-0.39, 0.29) is 12.0 Å². The lowest BCUT2D eigenvalue weighted by Crippen LogP contribution is -2.42. The number of hydrogen-bond donors (Lipinski definition) is 1. The minimum absolute atomic E-state index is 0.141. The average Bonchev–Trinajstić information content (AvgIpc) is 2.44. The molecule has 0 saturated carbocycles. The van der Waals surface area contributed by atoms with E-state index >= 15 is 0 Å². The maximum atomic E-state index is 12.6. The molecule has 0 radical (unpaired) electrons. The van der Waals surface area contributed by atoms with E-state index < -0.39 is 26.8 Å². The van der Waals surface area contributed by atoms with Gasteiger partial charge in [-0.2, -0.15) is 0 Å². The van der Waals surface area contributed by atoms with Gasteiger partial charge in [-0.25, -0.2) is 8.42 Å². The molecule has 2 atom stereocenters. The number of esters is 1. The minimum Gasteiger partial charge on any atom is -0.468 e. The summed E-state index contributed by atoms with van der Waals surface area (Å²) in [6.45, 7) is 3.68. The van der Waals surface area contributed by atoms with Gasteiger partial charge in [-0.3, -0.25) is 4.79 Å². The second kappa shape index (κ2) is 7.56. The fourth-order valence-electron chi connectivity index (χ4n) is 2.51. The van der Waals surface area contributed by atoms with Crippen molar-refractivity contribution in [3.63, 3.8) is 0 Å². The molecule has 0 saturated heterocycles. The van der Waals surface area contributed by atoms with Crippen LogP contribution in [0.5, 0.6) is 0 Å². The van der Waals surface area contributed by atoms with Crippen LogP contribution in [0.4, 0.5) is 0 Å². The van der Waals surface area contributed by atoms with Crippen molar-refractivity contribution in [2.24, 2.45) is 5.92 Å². The number of methoxy groups -OCH3 is 1. The van der Waals surface area contributed by atoms with Crippen LogP contribution in [0.15, 0.2) is 30.3 Å². The third-order valence-electron chi connectivity index (χ3n) is 3.42. The van der Waals surface area contributed by atoms with Crippen molar-refractivity contribution in [1.82, 2.24) is 5.32 Å². The molecule has 1 rings (SSSR count). The Morgan fingerprint density at radius 2 is 1.81 bits per heavy atom. The van der Waals surface area contributed by atoms with E-state index in [1.807, 2.05) is 44.2 Å². The molecule has 0 heterocycles. The zero-order valence-corrected chi connectivity index (χ0v) is 13.7. The first-order chi connectivity index (χ1) is 9.83. The molecule has 6 heteroatoms. The maximum Gasteiger partial charge on any atom is 0.320 e. The maximum absolute atomic E-state index is 12.6. The molecule has 1 aromatic rings. The molecule has 2 unspecified atom stereocenters. The van der Waals surface area contributed by atoms with E-state index in [0.717, 1.165) is 5.56 Å². The van der Waals surface area contributed by atoms with E-state index in [9.17, 15) is 13.2 Å². The molecular formula is C15H23NO4S. The van der Waals surface area contributed by atoms with Crippen molar-refractivity contribution in [2.75, 3.05) is 19.9 Å². The van der Waals surface area contributed by atoms with Gasteiger partial charge in [0.25, 0.3) is 0 Å². The quantitative estimate of drug-likeness (QED) is 0.773. The van der Waals surface area contributed by atoms with Gasteiger partial charge >= 0.3 is 5.97 Å². The zero-order valence-electron chi connectivity index (χ0n) is 12.9. The standard InChI is InChI=1S/C15H23NO4S/c1-11(2)15(21(18,19)10-13(17)20-4)14(16-3)12-8-6-5-7-9-12/h5-9,11,14-16H,10H2,1-4H3. The zero-order chi connectivity index (χ0) is 16.0. The van der Waals surface area contributed by atoms with Gasteiger partial charge in [-0.15, -0.1) is 0 Å². The van der Waals surface area contributed by atoms with Gasteiger partial charge in [-0.05, 0) is 18.5 Å². The van der Waals surface area contributed by atoms with E-state index in [2.05, 4.69) is 10.1 Å². The van der Waals surface area contributed by atoms with Gasteiger partial charge in [0.05, 0.1) is 12.4 Å². The Hall–Kier alpha value is -1.40. The van der Waals surface area contributed by atoms with Gasteiger partial charge in [0.1, 0.15) is 5.75 Å². The highest BCUT2D eigenvalue weighted by Crippen LogP contribution is 2.28. The van der Waals surface area contributed by atoms with Crippen LogP contribution < -0.4 is 5.32 Å². The predicted molar refractivity (Wildman–Crippen MR) is 82.7 cm³/mol. The molecule has 0 aliphatic heterocycles. The second-order valence-corrected chi connectivity index (χ2v) is 7.43. The van der Waals surface area contributed by atoms with Crippen molar-refractivity contribution in [2.45, 2.75) is 25.1 Å². The highest BCUT2D eigenvalue weighted by molar-refractivity contribution is 7.92. The summed E-state index contributed by atoms with van der Waals surface area (Å²) in [7, 11) is -0.717. The summed E-state index contributed by atoms with van der Waals surface area (Å²) in [6.07, 6.45) is 0. The molecule has 0 aliphatic rings. The normalized spacial score (nSPS) is 14.7. The summed E-state index contributed by atoms with van der Waals surface area (Å²) in [5, 5.41) is 2.36. The topological polar surface area (TPSA) is 72.5 Å². The fourth-order valence-corrected chi connectivity index (χ4v) is 4.68. The Kier molecular flexibility index (Phi) is 6.36. The Morgan fingerprint density at radius 1 is 1.24 bits per heavy atom. The molecule has 118 valence electrons. The van der Waals surface area contributed by atoms with Crippen LogP contribution in [-0.4, -0.2) is 39.5 Å². The number of rotatable bonds is 7. The number of carbonyl (C=O) groups excluding carboxylic acids is 1. The van der Waals surface area contributed by atoms with Crippen molar-refractivity contribution >= 4 is 15.8 Å². The van der Waals surface area contributed by atoms with Gasteiger partial charge in [0, 0.05) is 6.04 Å². The first-order valence-corrected chi connectivity index (χ1v) is 8.55. The van der Waals surface area contributed by atoms with Gasteiger partial charge in [0.15, 0.2) is 9.84 Å². The first-order valence-electron chi connectivity index (χ1n) is 6.84. The van der Waals surface area contributed by atoms with E-state index in [1.54, 1.807) is 7.05 Å². The van der Waals surface area contributed by atoms with Gasteiger partial charge in [0.2, 0.25) is 0 Å². The molecule has 0 spiro atoms. The number of nitrogens with one attached hydrogen (secondary N) is 1. The highest BCUT2D eigenvalue weighted by Gasteiger charge is 2.37. The lowest BCUT2D eigenvalue weighted by molar-refractivity contribution is -0.137. The number of benzene rings is 1. The Morgan fingerprint density at radius 3 is 2.24 bits per heavy atom. The van der Waals surface area contributed by atoms with E-state index in [4.69, 9.17) is 0 Å². The highest BCUT2D eigenvalue weighted by atomic mass is 32.2. The van der Waals surface area contributed by atoms with Crippen molar-refractivity contribution in [3.8, 4) is 0 Å². The van der Waals surface area contributed by atoms with Crippen LogP contribution >= 0.6 is 0 Å². The monoisotopic (exact) mass is 313 g/mol. The SMILES string of the molecule is CNC(c1ccccc1)C(C(C)C)S(=O)(=O)CC(=O)OC. The van der Waals surface area contributed by atoms with Crippen LogP contribution in [0.25, 0.3) is 0 Å². The third-order valence-corrected chi connectivity index (χ3v) is 5.70. The molecule has 1 aromatic carbocycles. The van der Waals surface area contributed by atoms with E-state index in [0.29, 0.717) is 0 Å². The molecular weight excluding hydrogens is 290 g/mol. The molecule has 0 fully saturated rings. The molecule has 0 aliphatic carbocycles. The Balaban J connectivity index is 3.18. The van der Waals surface area contributed by atoms with Gasteiger partial charge < -0.3 is 10.1 Å². The lowest BCUT2D eigenvalue weighted by Gasteiger charge is -2.29. The largest absolute Gasteiger partial charge is 0.468 e. The Labute approximate surface area is 126 Å². The molecule has 5 nitrogen and oxygen atoms in total. The summed E-state index contributed by atoms with van der Waals surface area (Å²) >= 11 is 0. The molecule has 0 amide bonds. The average molecular weight is 313 g/mol. The van der Waals surface area contributed by atoms with Crippen molar-refractivity contribution in [1.29, 1.82) is 0 Å². The number of ether oxygens (including phenoxy) is 1. The van der Waals surface area contributed by atoms with Crippen LogP contribution in [0.3, 0.4) is 0 Å². The molecule has 0 aromatic heterocycles. The summed E-state index contributed by atoms with van der Waals surface area (Å²) in [5.74, 6) is -1.47. The molecule has 1 N–H and O–H groups in total. The van der Waals surface area contributed by atoms with E-state index in [1.165, 1.54) is 7.11 Å². The molecule has 21 heavy (non-hydrogen) atoms. The van der Waals surface area contributed by atoms with Crippen LogP contribution in [0, 0.1) is 5.92 Å². The lowest BCUT2D eigenvalue weighted by atomic mass is 9.96. The summed E-state index contributed by atoms with van der Waals surface area (Å²) in [5.41, 5.74) is 0.882. The van der Waals surface area contributed by atoms with Crippen LogP contribution in [0.2, 0.25) is 0 Å². The summed E-state index contributed by atoms with van der Waals surface area (Å²) in [4.78, 5) is 11.4. The summed E-state index contributed by atoms with van der Waals surface area (Å²) in [6, 6.07) is 8.99. The number of carbonyl (C=O) groups is 1.